The second kappa shape index (κ2) is 9.08. The molecule has 0 heterocycles. The summed E-state index contributed by atoms with van der Waals surface area (Å²) in [4.78, 5) is 0. The molecule has 0 aliphatic heterocycles. The van der Waals surface area contributed by atoms with Crippen molar-refractivity contribution in [3.63, 3.8) is 0 Å². The number of rotatable bonds is 9. The summed E-state index contributed by atoms with van der Waals surface area (Å²) in [6, 6.07) is 14.5. The molecule has 22 heavy (non-hydrogen) atoms. The highest BCUT2D eigenvalue weighted by Gasteiger charge is 1.97. The lowest BCUT2D eigenvalue weighted by Crippen LogP contribution is -2.00. The highest BCUT2D eigenvalue weighted by atomic mass is 19.1. The van der Waals surface area contributed by atoms with E-state index in [2.05, 4.69) is 12.2 Å². The second-order valence-electron chi connectivity index (χ2n) is 5.41. The summed E-state index contributed by atoms with van der Waals surface area (Å²) in [7, 11) is 0. The maximum Gasteiger partial charge on any atom is 0.123 e. The molecule has 0 aromatic heterocycles. The molecule has 3 heteroatoms. The Kier molecular flexibility index (Phi) is 6.75. The van der Waals surface area contributed by atoms with Gasteiger partial charge in [0.1, 0.15) is 11.6 Å². The molecule has 0 fully saturated rings. The third-order valence-corrected chi connectivity index (χ3v) is 3.53. The normalized spacial score (nSPS) is 10.5. The Morgan fingerprint density at radius 3 is 2.32 bits per heavy atom. The summed E-state index contributed by atoms with van der Waals surface area (Å²) in [5.41, 5.74) is 2.08. The van der Waals surface area contributed by atoms with Crippen LogP contribution in [0.4, 0.5) is 10.1 Å². The van der Waals surface area contributed by atoms with E-state index < -0.39 is 0 Å². The first-order valence-corrected chi connectivity index (χ1v) is 7.99. The third kappa shape index (κ3) is 5.76. The molecule has 1 N–H and O–H groups in total. The average Bonchev–Trinajstić information content (AvgIpc) is 2.55. The lowest BCUT2D eigenvalue weighted by Gasteiger charge is -2.09. The first-order valence-electron chi connectivity index (χ1n) is 7.99. The van der Waals surface area contributed by atoms with Gasteiger partial charge in [0.2, 0.25) is 0 Å². The molecule has 0 bridgehead atoms. The Morgan fingerprint density at radius 1 is 0.909 bits per heavy atom. The van der Waals surface area contributed by atoms with Crippen LogP contribution in [0.3, 0.4) is 0 Å². The van der Waals surface area contributed by atoms with Crippen LogP contribution in [0.25, 0.3) is 0 Å². The van der Waals surface area contributed by atoms with Crippen LogP contribution in [0.2, 0.25) is 0 Å². The van der Waals surface area contributed by atoms with Gasteiger partial charge in [-0.1, -0.05) is 38.3 Å². The molecule has 2 aromatic carbocycles. The van der Waals surface area contributed by atoms with Crippen molar-refractivity contribution in [2.75, 3.05) is 11.9 Å². The molecule has 118 valence electrons. The number of anilines is 1. The van der Waals surface area contributed by atoms with E-state index in [1.807, 2.05) is 24.3 Å². The largest absolute Gasteiger partial charge is 0.494 e. The molecule has 2 rings (SSSR count). The van der Waals surface area contributed by atoms with Crippen LogP contribution >= 0.6 is 0 Å². The van der Waals surface area contributed by atoms with Crippen molar-refractivity contribution in [1.82, 2.24) is 0 Å². The number of nitrogens with one attached hydrogen (secondary N) is 1. The van der Waals surface area contributed by atoms with Gasteiger partial charge in [-0.05, 0) is 48.4 Å². The summed E-state index contributed by atoms with van der Waals surface area (Å²) in [5, 5.41) is 3.31. The maximum atomic E-state index is 12.8. The Bertz CT molecular complexity index is 536. The van der Waals surface area contributed by atoms with E-state index in [9.17, 15) is 4.39 Å². The molecule has 0 radical (unpaired) electrons. The number of hydrogen-bond donors (Lipinski definition) is 1. The molecule has 0 atom stereocenters. The third-order valence-electron chi connectivity index (χ3n) is 3.53. The van der Waals surface area contributed by atoms with Crippen molar-refractivity contribution in [3.8, 4) is 5.75 Å². The van der Waals surface area contributed by atoms with E-state index in [-0.39, 0.29) is 5.82 Å². The van der Waals surface area contributed by atoms with Crippen molar-refractivity contribution in [1.29, 1.82) is 0 Å². The molecule has 0 aliphatic rings. The van der Waals surface area contributed by atoms with Crippen LogP contribution < -0.4 is 10.1 Å². The summed E-state index contributed by atoms with van der Waals surface area (Å²) < 4.78 is 18.5. The SMILES string of the molecule is CCCCCCOc1ccc(NCc2ccc(F)cc2)cc1. The number of ether oxygens (including phenoxy) is 1. The summed E-state index contributed by atoms with van der Waals surface area (Å²) >= 11 is 0. The van der Waals surface area contributed by atoms with Crippen LogP contribution in [0, 0.1) is 5.82 Å². The molecule has 0 saturated heterocycles. The fourth-order valence-corrected chi connectivity index (χ4v) is 2.19. The van der Waals surface area contributed by atoms with Gasteiger partial charge in [0, 0.05) is 12.2 Å². The Morgan fingerprint density at radius 2 is 1.64 bits per heavy atom. The Hall–Kier alpha value is -2.03. The number of unbranched alkanes of at least 4 members (excludes halogenated alkanes) is 3. The molecule has 0 aliphatic carbocycles. The maximum absolute atomic E-state index is 12.8. The molecule has 0 unspecified atom stereocenters. The average molecular weight is 301 g/mol. The van der Waals surface area contributed by atoms with Gasteiger partial charge in [0.05, 0.1) is 6.61 Å². The van der Waals surface area contributed by atoms with E-state index in [4.69, 9.17) is 4.74 Å². The van der Waals surface area contributed by atoms with Gasteiger partial charge >= 0.3 is 0 Å². The van der Waals surface area contributed by atoms with E-state index >= 15 is 0 Å². The van der Waals surface area contributed by atoms with Crippen LogP contribution in [0.1, 0.15) is 38.2 Å². The predicted molar refractivity (Wildman–Crippen MR) is 89.8 cm³/mol. The van der Waals surface area contributed by atoms with Crippen molar-refractivity contribution in [3.05, 3.63) is 59.9 Å². The molecular formula is C19H24FNO. The van der Waals surface area contributed by atoms with E-state index in [0.29, 0.717) is 6.54 Å². The highest BCUT2D eigenvalue weighted by Crippen LogP contribution is 2.17. The summed E-state index contributed by atoms with van der Waals surface area (Å²) in [5.74, 6) is 0.702. The molecule has 2 nitrogen and oxygen atoms in total. The van der Waals surface area contributed by atoms with Gasteiger partial charge in [0.25, 0.3) is 0 Å². The van der Waals surface area contributed by atoms with Gasteiger partial charge in [-0.15, -0.1) is 0 Å². The second-order valence-corrected chi connectivity index (χ2v) is 5.41. The monoisotopic (exact) mass is 301 g/mol. The predicted octanol–water partition coefficient (Wildman–Crippen LogP) is 5.40. The molecule has 0 saturated carbocycles. The molecular weight excluding hydrogens is 277 g/mol. The van der Waals surface area contributed by atoms with Crippen LogP contribution in [-0.2, 0) is 6.54 Å². The fourth-order valence-electron chi connectivity index (χ4n) is 2.19. The Balaban J connectivity index is 1.73. The lowest BCUT2D eigenvalue weighted by molar-refractivity contribution is 0.305. The van der Waals surface area contributed by atoms with Gasteiger partial charge in [-0.2, -0.15) is 0 Å². The minimum atomic E-state index is -0.204. The highest BCUT2D eigenvalue weighted by molar-refractivity contribution is 5.46. The van der Waals surface area contributed by atoms with Gasteiger partial charge in [-0.25, -0.2) is 4.39 Å². The number of benzene rings is 2. The summed E-state index contributed by atoms with van der Waals surface area (Å²) in [6.07, 6.45) is 4.86. The Labute approximate surface area is 132 Å². The molecule has 0 spiro atoms. The minimum absolute atomic E-state index is 0.204. The van der Waals surface area contributed by atoms with E-state index in [1.165, 1.54) is 31.4 Å². The quantitative estimate of drug-likeness (QED) is 0.626. The topological polar surface area (TPSA) is 21.3 Å². The minimum Gasteiger partial charge on any atom is -0.494 e. The van der Waals surface area contributed by atoms with Crippen molar-refractivity contribution < 1.29 is 9.13 Å². The van der Waals surface area contributed by atoms with Gasteiger partial charge in [-0.3, -0.25) is 0 Å². The zero-order valence-electron chi connectivity index (χ0n) is 13.1. The van der Waals surface area contributed by atoms with Crippen molar-refractivity contribution in [2.45, 2.75) is 39.2 Å². The van der Waals surface area contributed by atoms with Crippen molar-refractivity contribution in [2.24, 2.45) is 0 Å². The first kappa shape index (κ1) is 16.3. The summed E-state index contributed by atoms with van der Waals surface area (Å²) in [6.45, 7) is 3.67. The standard InChI is InChI=1S/C19H24FNO/c1-2-3-4-5-14-22-19-12-10-18(11-13-19)21-15-16-6-8-17(20)9-7-16/h6-13,21H,2-5,14-15H2,1H3. The van der Waals surface area contributed by atoms with Crippen molar-refractivity contribution >= 4 is 5.69 Å². The molecule has 2 aromatic rings. The van der Waals surface area contributed by atoms with E-state index in [1.54, 1.807) is 12.1 Å². The van der Waals surface area contributed by atoms with Crippen LogP contribution in [0.15, 0.2) is 48.5 Å². The van der Waals surface area contributed by atoms with Crippen LogP contribution in [0.5, 0.6) is 5.75 Å². The van der Waals surface area contributed by atoms with Gasteiger partial charge < -0.3 is 10.1 Å². The molecule has 0 amide bonds. The van der Waals surface area contributed by atoms with E-state index in [0.717, 1.165) is 30.0 Å². The smallest absolute Gasteiger partial charge is 0.123 e. The first-order chi connectivity index (χ1) is 10.8. The van der Waals surface area contributed by atoms with Crippen LogP contribution in [-0.4, -0.2) is 6.61 Å². The van der Waals surface area contributed by atoms with Gasteiger partial charge in [0.15, 0.2) is 0 Å². The number of halogens is 1. The zero-order valence-corrected chi connectivity index (χ0v) is 13.1. The lowest BCUT2D eigenvalue weighted by atomic mass is 10.2. The number of hydrogen-bond acceptors (Lipinski definition) is 2. The zero-order chi connectivity index (χ0) is 15.6. The fraction of sp³-hybridized carbons (Fsp3) is 0.368.